The summed E-state index contributed by atoms with van der Waals surface area (Å²) in [5.74, 6) is -0.645. The van der Waals surface area contributed by atoms with Gasteiger partial charge in [0, 0.05) is 12.5 Å². The number of aliphatic hydroxyl groups excluding tert-OH is 1. The van der Waals surface area contributed by atoms with Gasteiger partial charge in [0.1, 0.15) is 24.9 Å². The fraction of sp³-hybridized carbons (Fsp3) is 0.556. The van der Waals surface area contributed by atoms with Crippen LogP contribution in [0.5, 0.6) is 0 Å². The third-order valence-corrected chi connectivity index (χ3v) is 2.24. The number of esters is 1. The van der Waals surface area contributed by atoms with Crippen LogP contribution in [0.2, 0.25) is 0 Å². The summed E-state index contributed by atoms with van der Waals surface area (Å²) in [7, 11) is 0. The molecule has 1 aliphatic carbocycles. The number of ether oxygens (including phenoxy) is 2. The Hall–Kier alpha value is -1.20. The Morgan fingerprint density at radius 3 is 3.07 bits per heavy atom. The molecule has 5 heteroatoms. The second-order valence-electron chi connectivity index (χ2n) is 3.35. The zero-order chi connectivity index (χ0) is 10.3. The minimum Gasteiger partial charge on any atom is -0.461 e. The standard InChI is InChI=1S/C9H10O5/c1-4(10)13-3-5-2-6(11)8-9(14-8)7(5)12/h2,6,8-9,11H,3H2,1H3/t6-,8+,9-/m1/s1. The molecular weight excluding hydrogens is 188 g/mol. The van der Waals surface area contributed by atoms with E-state index in [1.165, 1.54) is 13.0 Å². The molecule has 0 radical (unpaired) electrons. The van der Waals surface area contributed by atoms with E-state index in [1.807, 2.05) is 0 Å². The van der Waals surface area contributed by atoms with Crippen LogP contribution < -0.4 is 0 Å². The molecule has 0 amide bonds. The highest BCUT2D eigenvalue weighted by molar-refractivity contribution is 6.02. The molecule has 2 aliphatic rings. The van der Waals surface area contributed by atoms with Crippen molar-refractivity contribution in [3.63, 3.8) is 0 Å². The predicted molar refractivity (Wildman–Crippen MR) is 44.4 cm³/mol. The van der Waals surface area contributed by atoms with E-state index in [0.717, 1.165) is 0 Å². The molecule has 0 bridgehead atoms. The lowest BCUT2D eigenvalue weighted by Crippen LogP contribution is -2.28. The maximum absolute atomic E-state index is 11.4. The van der Waals surface area contributed by atoms with Crippen LogP contribution in [-0.4, -0.2) is 41.8 Å². The zero-order valence-electron chi connectivity index (χ0n) is 7.60. The lowest BCUT2D eigenvalue weighted by molar-refractivity contribution is -0.140. The Morgan fingerprint density at radius 1 is 1.71 bits per heavy atom. The van der Waals surface area contributed by atoms with Crippen LogP contribution in [0, 0.1) is 0 Å². The van der Waals surface area contributed by atoms with Gasteiger partial charge in [-0.15, -0.1) is 0 Å². The first-order chi connectivity index (χ1) is 6.59. The largest absolute Gasteiger partial charge is 0.461 e. The van der Waals surface area contributed by atoms with Crippen LogP contribution in [0.3, 0.4) is 0 Å². The third-order valence-electron chi connectivity index (χ3n) is 2.24. The van der Waals surface area contributed by atoms with E-state index in [2.05, 4.69) is 4.74 Å². The van der Waals surface area contributed by atoms with Crippen LogP contribution in [0.1, 0.15) is 6.92 Å². The summed E-state index contributed by atoms with van der Waals surface area (Å²) in [6, 6.07) is 0. The summed E-state index contributed by atoms with van der Waals surface area (Å²) < 4.78 is 9.62. The Labute approximate surface area is 80.3 Å². The number of carbonyl (C=O) groups excluding carboxylic acids is 2. The first-order valence-corrected chi connectivity index (χ1v) is 4.31. The lowest BCUT2D eigenvalue weighted by atomic mass is 9.97. The summed E-state index contributed by atoms with van der Waals surface area (Å²) in [5.41, 5.74) is 0.312. The van der Waals surface area contributed by atoms with Crippen molar-refractivity contribution >= 4 is 11.8 Å². The van der Waals surface area contributed by atoms with Gasteiger partial charge in [0.05, 0.1) is 0 Å². The zero-order valence-corrected chi connectivity index (χ0v) is 7.60. The number of aliphatic hydroxyl groups is 1. The van der Waals surface area contributed by atoms with Crippen molar-refractivity contribution in [1.29, 1.82) is 0 Å². The topological polar surface area (TPSA) is 76.1 Å². The fourth-order valence-electron chi connectivity index (χ4n) is 1.46. The molecule has 0 aromatic carbocycles. The van der Waals surface area contributed by atoms with E-state index in [0.29, 0.717) is 5.57 Å². The van der Waals surface area contributed by atoms with Gasteiger partial charge in [0.2, 0.25) is 0 Å². The van der Waals surface area contributed by atoms with E-state index in [9.17, 15) is 14.7 Å². The Kier molecular flexibility index (Phi) is 2.13. The summed E-state index contributed by atoms with van der Waals surface area (Å²) in [6.45, 7) is 1.18. The lowest BCUT2D eigenvalue weighted by Gasteiger charge is -2.11. The third kappa shape index (κ3) is 1.56. The molecule has 2 rings (SSSR count). The second kappa shape index (κ2) is 3.18. The molecule has 5 nitrogen and oxygen atoms in total. The Bertz CT molecular complexity index is 319. The maximum atomic E-state index is 11.4. The molecule has 1 saturated heterocycles. The molecule has 3 atom stereocenters. The number of epoxide rings is 1. The van der Waals surface area contributed by atoms with Crippen molar-refractivity contribution < 1.29 is 24.2 Å². The quantitative estimate of drug-likeness (QED) is 0.463. The summed E-state index contributed by atoms with van der Waals surface area (Å²) >= 11 is 0. The average Bonchev–Trinajstić information content (AvgIpc) is 2.88. The van der Waals surface area contributed by atoms with Crippen molar-refractivity contribution in [3.8, 4) is 0 Å². The number of Topliss-reactive ketones (excluding diaryl/α,β-unsaturated/α-hetero) is 1. The first kappa shape index (κ1) is 9.36. The summed E-state index contributed by atoms with van der Waals surface area (Å²) in [5, 5.41) is 9.38. The number of rotatable bonds is 2. The van der Waals surface area contributed by atoms with Gasteiger partial charge in [-0.05, 0) is 6.08 Å². The summed E-state index contributed by atoms with van der Waals surface area (Å²) in [6.07, 6.45) is -0.285. The maximum Gasteiger partial charge on any atom is 0.302 e. The minimum atomic E-state index is -0.761. The second-order valence-corrected chi connectivity index (χ2v) is 3.35. The van der Waals surface area contributed by atoms with Crippen molar-refractivity contribution in [3.05, 3.63) is 11.6 Å². The van der Waals surface area contributed by atoms with Crippen LogP contribution in [0.25, 0.3) is 0 Å². The molecule has 0 unspecified atom stereocenters. The highest BCUT2D eigenvalue weighted by Gasteiger charge is 2.52. The molecular formula is C9H10O5. The Balaban J connectivity index is 2.03. The fourth-order valence-corrected chi connectivity index (χ4v) is 1.46. The SMILES string of the molecule is CC(=O)OCC1=C[C@@H](O)[C@@H]2O[C@@H]2C1=O. The number of fused-ring (bicyclic) bond motifs is 1. The number of carbonyl (C=O) groups is 2. The molecule has 1 N–H and O–H groups in total. The first-order valence-electron chi connectivity index (χ1n) is 4.31. The predicted octanol–water partition coefficient (Wildman–Crippen LogP) is -0.813. The molecule has 1 fully saturated rings. The number of ketones is 1. The van der Waals surface area contributed by atoms with Crippen LogP contribution >= 0.6 is 0 Å². The van der Waals surface area contributed by atoms with Gasteiger partial charge in [0.25, 0.3) is 0 Å². The molecule has 14 heavy (non-hydrogen) atoms. The van der Waals surface area contributed by atoms with Crippen molar-refractivity contribution in [2.45, 2.75) is 25.2 Å². The van der Waals surface area contributed by atoms with Gasteiger partial charge < -0.3 is 14.6 Å². The molecule has 76 valence electrons. The molecule has 0 aromatic heterocycles. The van der Waals surface area contributed by atoms with Crippen molar-refractivity contribution in [1.82, 2.24) is 0 Å². The van der Waals surface area contributed by atoms with Crippen molar-refractivity contribution in [2.24, 2.45) is 0 Å². The molecule has 0 saturated carbocycles. The summed E-state index contributed by atoms with van der Waals surface area (Å²) in [4.78, 5) is 21.9. The van der Waals surface area contributed by atoms with Gasteiger partial charge >= 0.3 is 5.97 Å². The average molecular weight is 198 g/mol. The van der Waals surface area contributed by atoms with Crippen LogP contribution in [0.15, 0.2) is 11.6 Å². The van der Waals surface area contributed by atoms with Gasteiger partial charge in [0.15, 0.2) is 5.78 Å². The minimum absolute atomic E-state index is 0.0855. The van der Waals surface area contributed by atoms with E-state index in [4.69, 9.17) is 4.74 Å². The monoisotopic (exact) mass is 198 g/mol. The van der Waals surface area contributed by atoms with Crippen LogP contribution in [-0.2, 0) is 19.1 Å². The molecule has 1 aliphatic heterocycles. The smallest absolute Gasteiger partial charge is 0.302 e. The van der Waals surface area contributed by atoms with E-state index in [1.54, 1.807) is 0 Å². The molecule has 0 spiro atoms. The molecule has 0 aromatic rings. The highest BCUT2D eigenvalue weighted by atomic mass is 16.6. The van der Waals surface area contributed by atoms with Gasteiger partial charge in [-0.2, -0.15) is 0 Å². The van der Waals surface area contributed by atoms with Gasteiger partial charge in [-0.25, -0.2) is 0 Å². The van der Waals surface area contributed by atoms with E-state index >= 15 is 0 Å². The van der Waals surface area contributed by atoms with E-state index in [-0.39, 0.29) is 18.5 Å². The number of hydrogen-bond acceptors (Lipinski definition) is 5. The highest BCUT2D eigenvalue weighted by Crippen LogP contribution is 2.33. The van der Waals surface area contributed by atoms with E-state index < -0.39 is 18.2 Å². The van der Waals surface area contributed by atoms with Gasteiger partial charge in [-0.1, -0.05) is 0 Å². The van der Waals surface area contributed by atoms with Crippen molar-refractivity contribution in [2.75, 3.05) is 6.61 Å². The van der Waals surface area contributed by atoms with Gasteiger partial charge in [-0.3, -0.25) is 9.59 Å². The Morgan fingerprint density at radius 2 is 2.43 bits per heavy atom. The molecule has 1 heterocycles. The van der Waals surface area contributed by atoms with Crippen LogP contribution in [0.4, 0.5) is 0 Å². The normalized spacial score (nSPS) is 34.6. The number of hydrogen-bond donors (Lipinski definition) is 1.